The minimum atomic E-state index is -0.425. The van der Waals surface area contributed by atoms with Gasteiger partial charge < -0.3 is 24.4 Å². The Morgan fingerprint density at radius 2 is 1.90 bits per heavy atom. The van der Waals surface area contributed by atoms with E-state index in [0.717, 1.165) is 17.1 Å². The molecule has 0 aliphatic rings. The molecule has 20 heavy (non-hydrogen) atoms. The molecule has 1 atom stereocenters. The van der Waals surface area contributed by atoms with Gasteiger partial charge in [-0.3, -0.25) is 0 Å². The van der Waals surface area contributed by atoms with Crippen molar-refractivity contribution in [3.8, 4) is 11.5 Å². The second-order valence-corrected chi connectivity index (χ2v) is 4.32. The fraction of sp³-hybridized carbons (Fsp3) is 0.333. The van der Waals surface area contributed by atoms with Gasteiger partial charge >= 0.3 is 0 Å². The first-order chi connectivity index (χ1) is 9.69. The molecule has 0 bridgehead atoms. The molecular formula is C15H19NO4. The molecular weight excluding hydrogens is 258 g/mol. The van der Waals surface area contributed by atoms with Crippen molar-refractivity contribution < 1.29 is 18.6 Å². The van der Waals surface area contributed by atoms with E-state index in [0.29, 0.717) is 18.1 Å². The molecule has 1 aromatic heterocycles. The molecule has 0 saturated heterocycles. The van der Waals surface area contributed by atoms with E-state index in [1.165, 1.54) is 0 Å². The summed E-state index contributed by atoms with van der Waals surface area (Å²) in [5.74, 6) is 2.81. The van der Waals surface area contributed by atoms with E-state index in [2.05, 4.69) is 0 Å². The predicted octanol–water partition coefficient (Wildman–Crippen LogP) is 2.49. The largest absolute Gasteiger partial charge is 0.497 e. The van der Waals surface area contributed by atoms with Crippen molar-refractivity contribution in [3.63, 3.8) is 0 Å². The quantitative estimate of drug-likeness (QED) is 0.878. The lowest BCUT2D eigenvalue weighted by Crippen LogP contribution is -2.12. The molecule has 2 N–H and O–H groups in total. The van der Waals surface area contributed by atoms with E-state index < -0.39 is 6.04 Å². The summed E-state index contributed by atoms with van der Waals surface area (Å²) < 4.78 is 21.3. The van der Waals surface area contributed by atoms with Gasteiger partial charge in [0.25, 0.3) is 0 Å². The third-order valence-electron chi connectivity index (χ3n) is 3.05. The lowest BCUT2D eigenvalue weighted by atomic mass is 10.0. The van der Waals surface area contributed by atoms with Crippen LogP contribution in [0.15, 0.2) is 34.7 Å². The number of hydrogen-bond acceptors (Lipinski definition) is 5. The van der Waals surface area contributed by atoms with Crippen LogP contribution in [-0.2, 0) is 11.3 Å². The lowest BCUT2D eigenvalue weighted by Gasteiger charge is -2.15. The normalized spacial score (nSPS) is 12.2. The third kappa shape index (κ3) is 2.95. The van der Waals surface area contributed by atoms with Crippen LogP contribution in [0.25, 0.3) is 0 Å². The number of benzene rings is 1. The molecule has 5 heteroatoms. The van der Waals surface area contributed by atoms with Gasteiger partial charge in [-0.2, -0.15) is 0 Å². The van der Waals surface area contributed by atoms with Crippen LogP contribution in [0.2, 0.25) is 0 Å². The molecule has 1 heterocycles. The molecule has 1 unspecified atom stereocenters. The first kappa shape index (κ1) is 14.4. The molecule has 0 aliphatic heterocycles. The van der Waals surface area contributed by atoms with Crippen LogP contribution in [0, 0.1) is 0 Å². The molecule has 2 aromatic rings. The summed E-state index contributed by atoms with van der Waals surface area (Å²) >= 11 is 0. The lowest BCUT2D eigenvalue weighted by molar-refractivity contribution is 0.162. The van der Waals surface area contributed by atoms with Crippen molar-refractivity contribution in [2.75, 3.05) is 21.3 Å². The van der Waals surface area contributed by atoms with E-state index in [-0.39, 0.29) is 0 Å². The summed E-state index contributed by atoms with van der Waals surface area (Å²) in [5, 5.41) is 0. The summed E-state index contributed by atoms with van der Waals surface area (Å²) in [6.07, 6.45) is 0. The van der Waals surface area contributed by atoms with Crippen molar-refractivity contribution in [2.45, 2.75) is 12.6 Å². The Hall–Kier alpha value is -1.98. The van der Waals surface area contributed by atoms with Gasteiger partial charge in [-0.25, -0.2) is 0 Å². The zero-order chi connectivity index (χ0) is 14.5. The van der Waals surface area contributed by atoms with Crippen LogP contribution >= 0.6 is 0 Å². The van der Waals surface area contributed by atoms with Gasteiger partial charge in [0, 0.05) is 12.7 Å². The maximum atomic E-state index is 6.26. The molecule has 0 saturated carbocycles. The van der Waals surface area contributed by atoms with Gasteiger partial charge in [-0.1, -0.05) is 0 Å². The van der Waals surface area contributed by atoms with Gasteiger partial charge in [-0.15, -0.1) is 0 Å². The highest BCUT2D eigenvalue weighted by atomic mass is 16.5. The smallest absolute Gasteiger partial charge is 0.129 e. The van der Waals surface area contributed by atoms with E-state index in [1.807, 2.05) is 30.3 Å². The Balaban J connectivity index is 2.32. The molecule has 0 fully saturated rings. The Kier molecular flexibility index (Phi) is 4.65. The first-order valence-electron chi connectivity index (χ1n) is 6.24. The highest BCUT2D eigenvalue weighted by molar-refractivity contribution is 5.44. The van der Waals surface area contributed by atoms with Crippen molar-refractivity contribution in [1.82, 2.24) is 0 Å². The van der Waals surface area contributed by atoms with E-state index >= 15 is 0 Å². The fourth-order valence-corrected chi connectivity index (χ4v) is 2.02. The monoisotopic (exact) mass is 277 g/mol. The molecule has 0 aliphatic carbocycles. The first-order valence-corrected chi connectivity index (χ1v) is 6.24. The molecule has 108 valence electrons. The summed E-state index contributed by atoms with van der Waals surface area (Å²) in [5.41, 5.74) is 7.07. The minimum Gasteiger partial charge on any atom is -0.497 e. The fourth-order valence-electron chi connectivity index (χ4n) is 2.02. The highest BCUT2D eigenvalue weighted by Gasteiger charge is 2.18. The van der Waals surface area contributed by atoms with Crippen LogP contribution in [0.5, 0.6) is 11.5 Å². The highest BCUT2D eigenvalue weighted by Crippen LogP contribution is 2.32. The zero-order valence-electron chi connectivity index (χ0n) is 11.9. The van der Waals surface area contributed by atoms with Gasteiger partial charge in [0.15, 0.2) is 0 Å². The number of methoxy groups -OCH3 is 3. The number of nitrogens with two attached hydrogens (primary N) is 1. The molecule has 0 radical (unpaired) electrons. The average molecular weight is 277 g/mol. The molecule has 0 amide bonds. The van der Waals surface area contributed by atoms with Gasteiger partial charge in [0.2, 0.25) is 0 Å². The van der Waals surface area contributed by atoms with Crippen LogP contribution < -0.4 is 15.2 Å². The summed E-state index contributed by atoms with van der Waals surface area (Å²) in [6, 6.07) is 8.77. The van der Waals surface area contributed by atoms with Gasteiger partial charge in [0.1, 0.15) is 29.6 Å². The van der Waals surface area contributed by atoms with Crippen molar-refractivity contribution in [3.05, 3.63) is 47.4 Å². The number of furan rings is 1. The van der Waals surface area contributed by atoms with Crippen LogP contribution in [0.4, 0.5) is 0 Å². The van der Waals surface area contributed by atoms with Crippen molar-refractivity contribution in [2.24, 2.45) is 5.73 Å². The average Bonchev–Trinajstić information content (AvgIpc) is 2.94. The molecule has 0 spiro atoms. The molecule has 2 rings (SSSR count). The SMILES string of the molecule is COCc1ccc(C(N)c2cc(OC)ccc2OC)o1. The Bertz CT molecular complexity index is 565. The third-order valence-corrected chi connectivity index (χ3v) is 3.05. The maximum Gasteiger partial charge on any atom is 0.129 e. The topological polar surface area (TPSA) is 66.9 Å². The minimum absolute atomic E-state index is 0.419. The maximum absolute atomic E-state index is 6.26. The second-order valence-electron chi connectivity index (χ2n) is 4.32. The van der Waals surface area contributed by atoms with E-state index in [9.17, 15) is 0 Å². The molecule has 1 aromatic carbocycles. The molecule has 5 nitrogen and oxygen atoms in total. The summed E-state index contributed by atoms with van der Waals surface area (Å²) in [6.45, 7) is 0.419. The number of ether oxygens (including phenoxy) is 3. The second kappa shape index (κ2) is 6.45. The summed E-state index contributed by atoms with van der Waals surface area (Å²) in [7, 11) is 4.84. The van der Waals surface area contributed by atoms with Crippen LogP contribution in [0.1, 0.15) is 23.1 Å². The van der Waals surface area contributed by atoms with E-state index in [1.54, 1.807) is 21.3 Å². The zero-order valence-corrected chi connectivity index (χ0v) is 11.9. The van der Waals surface area contributed by atoms with Crippen molar-refractivity contribution >= 4 is 0 Å². The van der Waals surface area contributed by atoms with Gasteiger partial charge in [0.05, 0.1) is 20.3 Å². The number of rotatable bonds is 6. The standard InChI is InChI=1S/C15H19NO4/c1-17-9-11-5-7-14(20-11)15(16)12-8-10(18-2)4-6-13(12)19-3/h4-8,15H,9,16H2,1-3H3. The Morgan fingerprint density at radius 1 is 1.10 bits per heavy atom. The number of hydrogen-bond donors (Lipinski definition) is 1. The predicted molar refractivity (Wildman–Crippen MR) is 75.0 cm³/mol. The summed E-state index contributed by atoms with van der Waals surface area (Å²) in [4.78, 5) is 0. The van der Waals surface area contributed by atoms with Gasteiger partial charge in [-0.05, 0) is 30.3 Å². The van der Waals surface area contributed by atoms with Crippen LogP contribution in [0.3, 0.4) is 0 Å². The Labute approximate surface area is 118 Å². The Morgan fingerprint density at radius 3 is 2.55 bits per heavy atom. The van der Waals surface area contributed by atoms with E-state index in [4.69, 9.17) is 24.4 Å². The van der Waals surface area contributed by atoms with Crippen molar-refractivity contribution in [1.29, 1.82) is 0 Å². The van der Waals surface area contributed by atoms with Crippen LogP contribution in [-0.4, -0.2) is 21.3 Å².